The van der Waals surface area contributed by atoms with Crippen molar-refractivity contribution in [2.75, 3.05) is 6.61 Å². The minimum absolute atomic E-state index is 0.0686. The molecule has 0 N–H and O–H groups in total. The van der Waals surface area contributed by atoms with Crippen LogP contribution in [0.4, 0.5) is 0 Å². The summed E-state index contributed by atoms with van der Waals surface area (Å²) in [4.78, 5) is 30.4. The number of esters is 1. The molecule has 0 radical (unpaired) electrons. The Morgan fingerprint density at radius 3 is 2.96 bits per heavy atom. The van der Waals surface area contributed by atoms with Crippen LogP contribution in [0.15, 0.2) is 41.5 Å². The van der Waals surface area contributed by atoms with Gasteiger partial charge in [-0.1, -0.05) is 12.1 Å². The predicted octanol–water partition coefficient (Wildman–Crippen LogP) is 2.99. The summed E-state index contributed by atoms with van der Waals surface area (Å²) in [6.07, 6.45) is 1.55. The minimum atomic E-state index is -0.358. The number of hydrogen-bond acceptors (Lipinski definition) is 5. The molecule has 6 heteroatoms. The van der Waals surface area contributed by atoms with E-state index in [4.69, 9.17) is 4.74 Å². The first kappa shape index (κ1) is 15.4. The second-order valence-corrected chi connectivity index (χ2v) is 6.41. The molecule has 3 rings (SSSR count). The Hall–Kier alpha value is -2.47. The number of thiophene rings is 1. The number of fused-ring (bicyclic) bond motifs is 1. The monoisotopic (exact) mass is 328 g/mol. The van der Waals surface area contributed by atoms with Crippen LogP contribution in [0.3, 0.4) is 0 Å². The lowest BCUT2D eigenvalue weighted by Crippen LogP contribution is -2.20. The number of nitrogens with zero attached hydrogens (tertiary/aromatic N) is 2. The fourth-order valence-corrected chi connectivity index (χ4v) is 3.24. The smallest absolute Gasteiger partial charge is 0.338 e. The van der Waals surface area contributed by atoms with Crippen LogP contribution >= 0.6 is 11.3 Å². The SMILES string of the molecule is CCOC(=O)c1cccc(Cn2cnc3sc(C)cc3c2=O)c1. The van der Waals surface area contributed by atoms with Gasteiger partial charge in [-0.05, 0) is 37.6 Å². The third-order valence-electron chi connectivity index (χ3n) is 3.43. The van der Waals surface area contributed by atoms with E-state index >= 15 is 0 Å². The van der Waals surface area contributed by atoms with Crippen molar-refractivity contribution >= 4 is 27.5 Å². The van der Waals surface area contributed by atoms with E-state index in [1.54, 1.807) is 36.0 Å². The zero-order chi connectivity index (χ0) is 16.4. The molecule has 2 heterocycles. The van der Waals surface area contributed by atoms with E-state index in [1.807, 2.05) is 19.1 Å². The van der Waals surface area contributed by atoms with Gasteiger partial charge in [0.15, 0.2) is 0 Å². The Balaban J connectivity index is 1.93. The molecule has 0 saturated carbocycles. The van der Waals surface area contributed by atoms with Crippen LogP contribution in [-0.2, 0) is 11.3 Å². The summed E-state index contributed by atoms with van der Waals surface area (Å²) in [5, 5.41) is 0.636. The van der Waals surface area contributed by atoms with E-state index in [9.17, 15) is 9.59 Å². The zero-order valence-corrected chi connectivity index (χ0v) is 13.7. The fourth-order valence-electron chi connectivity index (χ4n) is 2.40. The molecular weight excluding hydrogens is 312 g/mol. The molecule has 0 aliphatic heterocycles. The topological polar surface area (TPSA) is 61.2 Å². The van der Waals surface area contributed by atoms with Gasteiger partial charge in [0, 0.05) is 4.88 Å². The van der Waals surface area contributed by atoms with Crippen LogP contribution in [0.25, 0.3) is 10.2 Å². The molecule has 118 valence electrons. The Bertz CT molecular complexity index is 927. The number of carbonyl (C=O) groups excluding carboxylic acids is 1. The number of benzene rings is 1. The first-order valence-corrected chi connectivity index (χ1v) is 8.12. The van der Waals surface area contributed by atoms with Crippen LogP contribution in [0, 0.1) is 6.92 Å². The first-order chi connectivity index (χ1) is 11.1. The van der Waals surface area contributed by atoms with Gasteiger partial charge < -0.3 is 4.74 Å². The van der Waals surface area contributed by atoms with Gasteiger partial charge in [-0.2, -0.15) is 0 Å². The van der Waals surface area contributed by atoms with Crippen molar-refractivity contribution in [1.29, 1.82) is 0 Å². The van der Waals surface area contributed by atoms with Crippen molar-refractivity contribution in [1.82, 2.24) is 9.55 Å². The molecule has 2 aromatic heterocycles. The molecule has 0 aliphatic carbocycles. The summed E-state index contributed by atoms with van der Waals surface area (Å²) in [5.74, 6) is -0.358. The van der Waals surface area contributed by atoms with Crippen molar-refractivity contribution in [3.63, 3.8) is 0 Å². The van der Waals surface area contributed by atoms with Crippen LogP contribution in [0.2, 0.25) is 0 Å². The lowest BCUT2D eigenvalue weighted by Gasteiger charge is -2.07. The average Bonchev–Trinajstić information content (AvgIpc) is 2.92. The second-order valence-electron chi connectivity index (χ2n) is 5.17. The lowest BCUT2D eigenvalue weighted by molar-refractivity contribution is 0.0526. The summed E-state index contributed by atoms with van der Waals surface area (Å²) < 4.78 is 6.55. The predicted molar refractivity (Wildman–Crippen MR) is 90.1 cm³/mol. The third-order valence-corrected chi connectivity index (χ3v) is 4.39. The molecule has 23 heavy (non-hydrogen) atoms. The summed E-state index contributed by atoms with van der Waals surface area (Å²) >= 11 is 1.51. The highest BCUT2D eigenvalue weighted by Gasteiger charge is 2.10. The number of aromatic nitrogens is 2. The first-order valence-electron chi connectivity index (χ1n) is 7.30. The average molecular weight is 328 g/mol. The molecule has 3 aromatic rings. The molecule has 0 saturated heterocycles. The number of aryl methyl sites for hydroxylation is 1. The standard InChI is InChI=1S/C17H16N2O3S/c1-3-22-17(21)13-6-4-5-12(8-13)9-19-10-18-15-14(16(19)20)7-11(2)23-15/h4-8,10H,3,9H2,1-2H3. The van der Waals surface area contributed by atoms with Crippen molar-refractivity contribution in [2.24, 2.45) is 0 Å². The van der Waals surface area contributed by atoms with Crippen molar-refractivity contribution in [2.45, 2.75) is 20.4 Å². The van der Waals surface area contributed by atoms with Crippen molar-refractivity contribution in [3.8, 4) is 0 Å². The summed E-state index contributed by atoms with van der Waals surface area (Å²) in [6, 6.07) is 8.97. The number of rotatable bonds is 4. The Morgan fingerprint density at radius 2 is 2.17 bits per heavy atom. The quantitative estimate of drug-likeness (QED) is 0.691. The lowest BCUT2D eigenvalue weighted by atomic mass is 10.1. The Morgan fingerprint density at radius 1 is 1.35 bits per heavy atom. The van der Waals surface area contributed by atoms with Crippen LogP contribution < -0.4 is 5.56 Å². The molecule has 0 amide bonds. The van der Waals surface area contributed by atoms with Crippen molar-refractivity contribution in [3.05, 3.63) is 63.0 Å². The van der Waals surface area contributed by atoms with Crippen LogP contribution in [-0.4, -0.2) is 22.1 Å². The minimum Gasteiger partial charge on any atom is -0.462 e. The van der Waals surface area contributed by atoms with Gasteiger partial charge in [-0.3, -0.25) is 9.36 Å². The highest BCUT2D eigenvalue weighted by atomic mass is 32.1. The normalized spacial score (nSPS) is 10.9. The highest BCUT2D eigenvalue weighted by Crippen LogP contribution is 2.19. The highest BCUT2D eigenvalue weighted by molar-refractivity contribution is 7.18. The van der Waals surface area contributed by atoms with Crippen molar-refractivity contribution < 1.29 is 9.53 Å². The van der Waals surface area contributed by atoms with E-state index in [2.05, 4.69) is 4.98 Å². The molecule has 0 atom stereocenters. The van der Waals surface area contributed by atoms with Crippen LogP contribution in [0.5, 0.6) is 0 Å². The third kappa shape index (κ3) is 3.17. The number of ether oxygens (including phenoxy) is 1. The molecule has 0 aliphatic rings. The number of carbonyl (C=O) groups is 1. The Labute approximate surface area is 137 Å². The largest absolute Gasteiger partial charge is 0.462 e. The van der Waals surface area contributed by atoms with E-state index in [0.29, 0.717) is 24.1 Å². The van der Waals surface area contributed by atoms with E-state index in [0.717, 1.165) is 15.3 Å². The Kier molecular flexibility index (Phi) is 4.25. The van der Waals surface area contributed by atoms with Gasteiger partial charge in [0.25, 0.3) is 5.56 Å². The maximum atomic E-state index is 12.5. The second kappa shape index (κ2) is 6.34. The number of hydrogen-bond donors (Lipinski definition) is 0. The molecular formula is C17H16N2O3S. The molecule has 0 fully saturated rings. The molecule has 5 nitrogen and oxygen atoms in total. The molecule has 0 spiro atoms. The van der Waals surface area contributed by atoms with Gasteiger partial charge >= 0.3 is 5.97 Å². The summed E-state index contributed by atoms with van der Waals surface area (Å²) in [5.41, 5.74) is 1.27. The van der Waals surface area contributed by atoms with E-state index in [-0.39, 0.29) is 11.5 Å². The molecule has 0 unspecified atom stereocenters. The summed E-state index contributed by atoms with van der Waals surface area (Å²) in [6.45, 7) is 4.43. The fraction of sp³-hybridized carbons (Fsp3) is 0.235. The van der Waals surface area contributed by atoms with Gasteiger partial charge in [-0.25, -0.2) is 9.78 Å². The zero-order valence-electron chi connectivity index (χ0n) is 12.9. The van der Waals surface area contributed by atoms with Gasteiger partial charge in [0.2, 0.25) is 0 Å². The maximum Gasteiger partial charge on any atom is 0.338 e. The van der Waals surface area contributed by atoms with Gasteiger partial charge in [0.1, 0.15) is 4.83 Å². The van der Waals surface area contributed by atoms with E-state index < -0.39 is 0 Å². The summed E-state index contributed by atoms with van der Waals surface area (Å²) in [7, 11) is 0. The maximum absolute atomic E-state index is 12.5. The van der Waals surface area contributed by atoms with E-state index in [1.165, 1.54) is 11.3 Å². The molecule has 1 aromatic carbocycles. The molecule has 0 bridgehead atoms. The van der Waals surface area contributed by atoms with Crippen LogP contribution in [0.1, 0.15) is 27.7 Å². The van der Waals surface area contributed by atoms with Gasteiger partial charge in [-0.15, -0.1) is 11.3 Å². The van der Waals surface area contributed by atoms with Gasteiger partial charge in [0.05, 0.1) is 30.4 Å².